The highest BCUT2D eigenvalue weighted by molar-refractivity contribution is 7.13. The molecule has 3 heterocycles. The normalized spacial score (nSPS) is 10.9. The molecule has 0 bridgehead atoms. The van der Waals surface area contributed by atoms with E-state index in [1.54, 1.807) is 94.7 Å². The SMILES string of the molecule is CCNCCc1cc(OCCn2cc(CNC(=O)c3cn(-c4ccccc4NC(=O)c4ccccc4OC)c(C)n3)nn2)c(Oc2ccc(C(=O)O)c(F)c2)cc1CC(=O)Nc1nccs1. The third-order valence-corrected chi connectivity index (χ3v) is 10.7. The number of ether oxygens (including phenoxy) is 3. The summed E-state index contributed by atoms with van der Waals surface area (Å²) in [6, 6.07) is 20.9. The maximum absolute atomic E-state index is 14.7. The van der Waals surface area contributed by atoms with Crippen molar-refractivity contribution in [2.24, 2.45) is 0 Å². The molecule has 20 heteroatoms. The molecule has 3 amide bonds. The number of nitrogens with zero attached hydrogens (tertiary/aromatic N) is 6. The van der Waals surface area contributed by atoms with Gasteiger partial charge in [-0.25, -0.2) is 23.8 Å². The highest BCUT2D eigenvalue weighted by Gasteiger charge is 2.21. The van der Waals surface area contributed by atoms with Gasteiger partial charge in [0.2, 0.25) is 5.91 Å². The van der Waals surface area contributed by atoms with Crippen molar-refractivity contribution >= 4 is 45.8 Å². The van der Waals surface area contributed by atoms with Gasteiger partial charge in [-0.15, -0.1) is 16.4 Å². The van der Waals surface area contributed by atoms with E-state index in [0.29, 0.717) is 57.9 Å². The third kappa shape index (κ3) is 11.6. The number of rotatable bonds is 21. The largest absolute Gasteiger partial charge is 0.496 e. The predicted octanol–water partition coefficient (Wildman–Crippen LogP) is 6.46. The molecule has 7 aromatic rings. The molecular weight excluding hydrogens is 872 g/mol. The zero-order chi connectivity index (χ0) is 46.6. The summed E-state index contributed by atoms with van der Waals surface area (Å²) in [7, 11) is 1.50. The van der Waals surface area contributed by atoms with E-state index in [-0.39, 0.29) is 60.9 Å². The summed E-state index contributed by atoms with van der Waals surface area (Å²) in [5.41, 5.74) is 3.01. The van der Waals surface area contributed by atoms with Gasteiger partial charge in [0.1, 0.15) is 41.1 Å². The number of halogens is 1. The van der Waals surface area contributed by atoms with E-state index in [1.165, 1.54) is 24.5 Å². The van der Waals surface area contributed by atoms with Crippen molar-refractivity contribution in [1.82, 2.24) is 40.2 Å². The van der Waals surface area contributed by atoms with E-state index in [1.807, 2.05) is 13.0 Å². The van der Waals surface area contributed by atoms with Gasteiger partial charge in [0.15, 0.2) is 16.6 Å². The average molecular weight is 917 g/mol. The van der Waals surface area contributed by atoms with Crippen LogP contribution in [0.5, 0.6) is 23.0 Å². The third-order valence-electron chi connectivity index (χ3n) is 9.99. The number of likely N-dealkylation sites (N-methyl/N-ethyl adjacent to an activating group) is 1. The second-order valence-corrected chi connectivity index (χ2v) is 15.4. The minimum atomic E-state index is -1.42. The Labute approximate surface area is 381 Å². The van der Waals surface area contributed by atoms with Gasteiger partial charge < -0.3 is 45.2 Å². The fraction of sp³-hybridized carbons (Fsp3) is 0.217. The number of aryl methyl sites for hydroxylation is 1. The van der Waals surface area contributed by atoms with Gasteiger partial charge in [0, 0.05) is 23.8 Å². The molecule has 7 rings (SSSR count). The first-order valence-electron chi connectivity index (χ1n) is 20.7. The van der Waals surface area contributed by atoms with Crippen LogP contribution in [0.2, 0.25) is 0 Å². The van der Waals surface area contributed by atoms with Gasteiger partial charge in [-0.05, 0) is 86.1 Å². The summed E-state index contributed by atoms with van der Waals surface area (Å²) in [4.78, 5) is 59.7. The second-order valence-electron chi connectivity index (χ2n) is 14.5. The second kappa shape index (κ2) is 21.6. The first kappa shape index (κ1) is 46.0. The smallest absolute Gasteiger partial charge is 0.338 e. The van der Waals surface area contributed by atoms with E-state index < -0.39 is 23.3 Å². The lowest BCUT2D eigenvalue weighted by Gasteiger charge is -2.18. The standard InChI is InChI=1S/C46H45FN10O8S/c1-4-48-16-15-29-21-40(41(65-32-13-14-33(45(61)62)35(47)24-32)22-30(29)23-42(58)53-46-49-17-20-66-46)64-19-18-56-26-31(54-55-56)25-50-44(60)37-27-57(28(2)51-37)38-11-7-6-10-36(38)52-43(59)34-9-5-8-12-39(34)63-3/h5-14,17,20-22,24,26-27,48H,4,15-16,18-19,23,25H2,1-3H3,(H,50,60)(H,52,59)(H,61,62)(H,49,53,58). The average Bonchev–Trinajstić information content (AvgIpc) is 4.09. The number of thiazole rings is 1. The first-order chi connectivity index (χ1) is 32.0. The zero-order valence-electron chi connectivity index (χ0n) is 36.0. The van der Waals surface area contributed by atoms with Crippen molar-refractivity contribution < 1.29 is 42.9 Å². The molecule has 0 aliphatic heterocycles. The van der Waals surface area contributed by atoms with Crippen molar-refractivity contribution in [3.63, 3.8) is 0 Å². The van der Waals surface area contributed by atoms with Crippen molar-refractivity contribution in [2.75, 3.05) is 37.4 Å². The Kier molecular flexibility index (Phi) is 15.1. The van der Waals surface area contributed by atoms with Crippen LogP contribution in [0.3, 0.4) is 0 Å². The van der Waals surface area contributed by atoms with Gasteiger partial charge in [0.05, 0.1) is 55.3 Å². The van der Waals surface area contributed by atoms with Gasteiger partial charge in [-0.1, -0.05) is 36.4 Å². The van der Waals surface area contributed by atoms with Crippen molar-refractivity contribution in [2.45, 2.75) is 39.8 Å². The number of hydrogen-bond acceptors (Lipinski definition) is 13. The maximum atomic E-state index is 14.7. The molecule has 0 unspecified atom stereocenters. The van der Waals surface area contributed by atoms with E-state index in [2.05, 4.69) is 41.5 Å². The van der Waals surface area contributed by atoms with Crippen LogP contribution in [0.1, 0.15) is 60.8 Å². The quantitative estimate of drug-likeness (QED) is 0.0489. The molecule has 0 radical (unpaired) electrons. The molecule has 18 nitrogen and oxygen atoms in total. The van der Waals surface area contributed by atoms with Gasteiger partial charge >= 0.3 is 5.97 Å². The number of carbonyl (C=O) groups is 4. The molecule has 0 fully saturated rings. The van der Waals surface area contributed by atoms with Crippen LogP contribution in [0.25, 0.3) is 5.69 Å². The summed E-state index contributed by atoms with van der Waals surface area (Å²) in [5.74, 6) is -2.10. The molecule has 340 valence electrons. The van der Waals surface area contributed by atoms with Crippen LogP contribution in [0, 0.1) is 12.7 Å². The number of anilines is 2. The van der Waals surface area contributed by atoms with Crippen LogP contribution in [0.15, 0.2) is 103 Å². The number of imidazole rings is 1. The molecule has 0 spiro atoms. The number of amides is 3. The molecule has 0 aliphatic rings. The van der Waals surface area contributed by atoms with E-state index >= 15 is 0 Å². The summed E-state index contributed by atoms with van der Waals surface area (Å²) in [5, 5.41) is 31.8. The van der Waals surface area contributed by atoms with Crippen LogP contribution >= 0.6 is 11.3 Å². The fourth-order valence-electron chi connectivity index (χ4n) is 6.79. The summed E-state index contributed by atoms with van der Waals surface area (Å²) in [6.07, 6.45) is 5.35. The topological polar surface area (TPSA) is 226 Å². The van der Waals surface area contributed by atoms with E-state index in [0.717, 1.165) is 24.2 Å². The number of hydrogen-bond donors (Lipinski definition) is 5. The Hall–Kier alpha value is -7.97. The number of carboxylic acid groups (broad SMARTS) is 1. The first-order valence-corrected chi connectivity index (χ1v) is 21.5. The number of aromatic carboxylic acids is 1. The summed E-state index contributed by atoms with van der Waals surface area (Å²) < 4.78 is 35.7. The van der Waals surface area contributed by atoms with Crippen LogP contribution < -0.4 is 35.5 Å². The Bertz CT molecular complexity index is 2850. The predicted molar refractivity (Wildman–Crippen MR) is 243 cm³/mol. The molecule has 0 saturated heterocycles. The summed E-state index contributed by atoms with van der Waals surface area (Å²) in [6.45, 7) is 5.42. The zero-order valence-corrected chi connectivity index (χ0v) is 36.9. The number of para-hydroxylation sites is 3. The van der Waals surface area contributed by atoms with Crippen molar-refractivity contribution in [1.29, 1.82) is 0 Å². The monoisotopic (exact) mass is 916 g/mol. The molecule has 0 atom stereocenters. The Balaban J connectivity index is 1.02. The molecular formula is C46H45FN10O8S. The minimum absolute atomic E-state index is 0.0179. The van der Waals surface area contributed by atoms with Gasteiger partial charge in [-0.2, -0.15) is 0 Å². The van der Waals surface area contributed by atoms with Gasteiger partial charge in [-0.3, -0.25) is 14.4 Å². The van der Waals surface area contributed by atoms with Crippen molar-refractivity contribution in [3.8, 4) is 28.7 Å². The van der Waals surface area contributed by atoms with Crippen LogP contribution in [0.4, 0.5) is 15.2 Å². The van der Waals surface area contributed by atoms with Gasteiger partial charge in [0.25, 0.3) is 11.8 Å². The Morgan fingerprint density at radius 1 is 0.894 bits per heavy atom. The number of carboxylic acids is 1. The van der Waals surface area contributed by atoms with Crippen LogP contribution in [-0.4, -0.2) is 85.1 Å². The summed E-state index contributed by atoms with van der Waals surface area (Å²) >= 11 is 1.29. The highest BCUT2D eigenvalue weighted by atomic mass is 32.1. The number of methoxy groups -OCH3 is 1. The molecule has 3 aromatic heterocycles. The lowest BCUT2D eigenvalue weighted by Crippen LogP contribution is -2.23. The lowest BCUT2D eigenvalue weighted by atomic mass is 10.00. The number of benzene rings is 4. The highest BCUT2D eigenvalue weighted by Crippen LogP contribution is 2.36. The van der Waals surface area contributed by atoms with Crippen molar-refractivity contribution in [3.05, 3.63) is 148 Å². The van der Waals surface area contributed by atoms with Crippen LogP contribution in [-0.2, 0) is 30.7 Å². The molecule has 5 N–H and O–H groups in total. The Morgan fingerprint density at radius 3 is 2.47 bits per heavy atom. The maximum Gasteiger partial charge on any atom is 0.338 e. The fourth-order valence-corrected chi connectivity index (χ4v) is 7.34. The number of carbonyl (C=O) groups excluding carboxylic acids is 3. The van der Waals surface area contributed by atoms with E-state index in [9.17, 15) is 28.7 Å². The number of aromatic nitrogens is 6. The Morgan fingerprint density at radius 2 is 1.70 bits per heavy atom. The minimum Gasteiger partial charge on any atom is -0.496 e. The molecule has 0 saturated carbocycles. The molecule has 4 aromatic carbocycles. The molecule has 66 heavy (non-hydrogen) atoms. The lowest BCUT2D eigenvalue weighted by molar-refractivity contribution is -0.115. The van der Waals surface area contributed by atoms with E-state index in [4.69, 9.17) is 14.2 Å². The number of nitrogens with one attached hydrogen (secondary N) is 4. The molecule has 0 aliphatic carbocycles.